The Morgan fingerprint density at radius 1 is 1.16 bits per heavy atom. The molecule has 2 aromatic carbocycles. The lowest BCUT2D eigenvalue weighted by Gasteiger charge is -2.36. The van der Waals surface area contributed by atoms with Gasteiger partial charge in [-0.1, -0.05) is 24.3 Å². The van der Waals surface area contributed by atoms with E-state index in [1.54, 1.807) is 13.2 Å². The van der Waals surface area contributed by atoms with Gasteiger partial charge in [0.05, 0.1) is 18.6 Å². The quantitative estimate of drug-likeness (QED) is 0.722. The van der Waals surface area contributed by atoms with E-state index in [0.29, 0.717) is 50.3 Å². The highest BCUT2D eigenvalue weighted by Gasteiger charge is 2.41. The number of carbonyl (C=O) groups excluding carboxylic acids is 1. The Bertz CT molecular complexity index is 904. The third kappa shape index (κ3) is 4.91. The van der Waals surface area contributed by atoms with E-state index in [1.807, 2.05) is 24.3 Å². The number of carbonyl (C=O) groups is 1. The minimum absolute atomic E-state index is 0.0484. The van der Waals surface area contributed by atoms with Gasteiger partial charge in [0.2, 0.25) is 5.91 Å². The van der Waals surface area contributed by atoms with Crippen LogP contribution >= 0.6 is 0 Å². The average Bonchev–Trinajstić information content (AvgIpc) is 3.32. The molecule has 0 bridgehead atoms. The van der Waals surface area contributed by atoms with Gasteiger partial charge in [-0.15, -0.1) is 0 Å². The highest BCUT2D eigenvalue weighted by Crippen LogP contribution is 2.40. The molecule has 2 aliphatic heterocycles. The zero-order chi connectivity index (χ0) is 21.7. The predicted octanol–water partition coefficient (Wildman–Crippen LogP) is 4.14. The second kappa shape index (κ2) is 9.79. The van der Waals surface area contributed by atoms with Crippen LogP contribution in [-0.4, -0.2) is 45.5 Å². The van der Waals surface area contributed by atoms with Crippen LogP contribution in [0.15, 0.2) is 42.5 Å². The van der Waals surface area contributed by atoms with E-state index in [2.05, 4.69) is 5.32 Å². The van der Waals surface area contributed by atoms with Gasteiger partial charge < -0.3 is 19.5 Å². The standard InChI is InChI=1S/C25H30FNO4/c1-29-23-9-8-19(26)15-22(23)21-7-3-2-5-18(21)16-25(10-13-30-14-11-25)24(28)27-17-20-6-4-12-31-20/h2-3,5,7-9,15,20H,4,6,10-14,16-17H2,1H3,(H,27,28)/t20-/m0/s1. The molecule has 1 amide bonds. The van der Waals surface area contributed by atoms with E-state index in [9.17, 15) is 9.18 Å². The Labute approximate surface area is 182 Å². The third-order valence-corrected chi connectivity index (χ3v) is 6.44. The molecule has 31 heavy (non-hydrogen) atoms. The Hall–Kier alpha value is -2.44. The summed E-state index contributed by atoms with van der Waals surface area (Å²) < 4.78 is 30.8. The fourth-order valence-electron chi connectivity index (χ4n) is 4.64. The van der Waals surface area contributed by atoms with Crippen molar-refractivity contribution in [2.75, 3.05) is 33.5 Å². The smallest absolute Gasteiger partial charge is 0.226 e. The molecule has 1 N–H and O–H groups in total. The van der Waals surface area contributed by atoms with E-state index >= 15 is 0 Å². The minimum atomic E-state index is -0.562. The van der Waals surface area contributed by atoms with Crippen molar-refractivity contribution < 1.29 is 23.4 Å². The first kappa shape index (κ1) is 21.8. The van der Waals surface area contributed by atoms with E-state index in [1.165, 1.54) is 12.1 Å². The van der Waals surface area contributed by atoms with Crippen molar-refractivity contribution in [1.29, 1.82) is 0 Å². The van der Waals surface area contributed by atoms with Crippen LogP contribution in [0.2, 0.25) is 0 Å². The van der Waals surface area contributed by atoms with E-state index in [0.717, 1.165) is 30.6 Å². The largest absolute Gasteiger partial charge is 0.496 e. The summed E-state index contributed by atoms with van der Waals surface area (Å²) in [6.45, 7) is 2.42. The molecule has 2 fully saturated rings. The number of halogens is 1. The van der Waals surface area contributed by atoms with E-state index in [-0.39, 0.29) is 17.8 Å². The van der Waals surface area contributed by atoms with Crippen LogP contribution < -0.4 is 10.1 Å². The Kier molecular flexibility index (Phi) is 6.88. The number of rotatable bonds is 7. The Morgan fingerprint density at radius 3 is 2.71 bits per heavy atom. The first-order valence-corrected chi connectivity index (χ1v) is 11.0. The first-order valence-electron chi connectivity index (χ1n) is 11.0. The molecule has 166 valence electrons. The van der Waals surface area contributed by atoms with Gasteiger partial charge in [0.15, 0.2) is 0 Å². The van der Waals surface area contributed by atoms with Crippen LogP contribution in [0.4, 0.5) is 4.39 Å². The van der Waals surface area contributed by atoms with Gasteiger partial charge in [-0.05, 0) is 61.4 Å². The number of ether oxygens (including phenoxy) is 3. The number of hydrogen-bond donors (Lipinski definition) is 1. The van der Waals surface area contributed by atoms with Crippen molar-refractivity contribution in [3.63, 3.8) is 0 Å². The first-order chi connectivity index (χ1) is 15.1. The zero-order valence-electron chi connectivity index (χ0n) is 18.0. The van der Waals surface area contributed by atoms with Crippen LogP contribution in [0, 0.1) is 11.2 Å². The Balaban J connectivity index is 1.62. The molecule has 1 atom stereocenters. The maximum Gasteiger partial charge on any atom is 0.226 e. The van der Waals surface area contributed by atoms with Crippen molar-refractivity contribution >= 4 is 5.91 Å². The van der Waals surface area contributed by atoms with Gasteiger partial charge >= 0.3 is 0 Å². The lowest BCUT2D eigenvalue weighted by atomic mass is 9.73. The number of methoxy groups -OCH3 is 1. The number of amides is 1. The minimum Gasteiger partial charge on any atom is -0.496 e. The van der Waals surface area contributed by atoms with Crippen molar-refractivity contribution in [2.24, 2.45) is 5.41 Å². The monoisotopic (exact) mass is 427 g/mol. The fourth-order valence-corrected chi connectivity index (χ4v) is 4.64. The molecule has 0 unspecified atom stereocenters. The molecule has 0 aliphatic carbocycles. The molecule has 0 radical (unpaired) electrons. The van der Waals surface area contributed by atoms with Crippen LogP contribution in [0.3, 0.4) is 0 Å². The van der Waals surface area contributed by atoms with Crippen molar-refractivity contribution in [3.05, 3.63) is 53.8 Å². The molecular weight excluding hydrogens is 397 g/mol. The molecule has 0 spiro atoms. The van der Waals surface area contributed by atoms with Crippen LogP contribution in [0.1, 0.15) is 31.2 Å². The molecule has 2 heterocycles. The highest BCUT2D eigenvalue weighted by atomic mass is 19.1. The van der Waals surface area contributed by atoms with Gasteiger partial charge in [-0.3, -0.25) is 4.79 Å². The molecule has 2 saturated heterocycles. The maximum atomic E-state index is 14.1. The lowest BCUT2D eigenvalue weighted by molar-refractivity contribution is -0.137. The average molecular weight is 428 g/mol. The molecule has 5 nitrogen and oxygen atoms in total. The summed E-state index contributed by atoms with van der Waals surface area (Å²) >= 11 is 0. The number of nitrogens with one attached hydrogen (secondary N) is 1. The van der Waals surface area contributed by atoms with E-state index < -0.39 is 5.41 Å². The summed E-state index contributed by atoms with van der Waals surface area (Å²) in [7, 11) is 1.58. The summed E-state index contributed by atoms with van der Waals surface area (Å²) in [4.78, 5) is 13.4. The van der Waals surface area contributed by atoms with Gasteiger partial charge in [-0.25, -0.2) is 4.39 Å². The van der Waals surface area contributed by atoms with Gasteiger partial charge in [0.1, 0.15) is 11.6 Å². The van der Waals surface area contributed by atoms with Crippen LogP contribution in [-0.2, 0) is 20.7 Å². The SMILES string of the molecule is COc1ccc(F)cc1-c1ccccc1CC1(C(=O)NC[C@@H]2CCCO2)CCOCC1. The molecule has 0 aromatic heterocycles. The van der Waals surface area contributed by atoms with Crippen LogP contribution in [0.5, 0.6) is 5.75 Å². The van der Waals surface area contributed by atoms with Gasteiger partial charge in [0.25, 0.3) is 0 Å². The van der Waals surface area contributed by atoms with Crippen LogP contribution in [0.25, 0.3) is 11.1 Å². The summed E-state index contributed by atoms with van der Waals surface area (Å²) in [6.07, 6.45) is 3.99. The highest BCUT2D eigenvalue weighted by molar-refractivity contribution is 5.84. The summed E-state index contributed by atoms with van der Waals surface area (Å²) in [6, 6.07) is 12.4. The van der Waals surface area contributed by atoms with Crippen molar-refractivity contribution in [1.82, 2.24) is 5.32 Å². The molecular formula is C25H30FNO4. The van der Waals surface area contributed by atoms with Gasteiger partial charge in [0, 0.05) is 31.9 Å². The van der Waals surface area contributed by atoms with Gasteiger partial charge in [-0.2, -0.15) is 0 Å². The second-order valence-electron chi connectivity index (χ2n) is 8.42. The Morgan fingerprint density at radius 2 is 1.97 bits per heavy atom. The molecule has 4 rings (SSSR count). The molecule has 2 aromatic rings. The summed E-state index contributed by atoms with van der Waals surface area (Å²) in [5.41, 5.74) is 2.02. The lowest BCUT2D eigenvalue weighted by Crippen LogP contribution is -2.48. The normalized spacial score (nSPS) is 20.4. The second-order valence-corrected chi connectivity index (χ2v) is 8.42. The van der Waals surface area contributed by atoms with Crippen molar-refractivity contribution in [3.8, 4) is 16.9 Å². The van der Waals surface area contributed by atoms with Crippen molar-refractivity contribution in [2.45, 2.75) is 38.2 Å². The zero-order valence-corrected chi connectivity index (χ0v) is 18.0. The summed E-state index contributed by atoms with van der Waals surface area (Å²) in [5, 5.41) is 3.14. The topological polar surface area (TPSA) is 56.8 Å². The predicted molar refractivity (Wildman–Crippen MR) is 117 cm³/mol. The number of benzene rings is 2. The van der Waals surface area contributed by atoms with E-state index in [4.69, 9.17) is 14.2 Å². The third-order valence-electron chi connectivity index (χ3n) is 6.44. The maximum absolute atomic E-state index is 14.1. The number of hydrogen-bond acceptors (Lipinski definition) is 4. The molecule has 2 aliphatic rings. The molecule has 0 saturated carbocycles. The fraction of sp³-hybridized carbons (Fsp3) is 0.480. The molecule has 6 heteroatoms. The summed E-state index contributed by atoms with van der Waals surface area (Å²) in [5.74, 6) is 0.339.